The summed E-state index contributed by atoms with van der Waals surface area (Å²) < 4.78 is 1.63. The molecule has 0 aliphatic heterocycles. The summed E-state index contributed by atoms with van der Waals surface area (Å²) in [5.41, 5.74) is 6.24. The van der Waals surface area contributed by atoms with E-state index in [9.17, 15) is 0 Å². The van der Waals surface area contributed by atoms with E-state index in [4.69, 9.17) is 17.3 Å². The number of nitrogens with one attached hydrogen (secondary N) is 1. The fourth-order valence-corrected chi connectivity index (χ4v) is 1.40. The standard InChI is InChI=1S/C9H11ClN6/c1-16-5-14-8(15-16)4-13-9-7(11)2-6(10)3-12-9/h2-3,5H,4,11H2,1H3,(H,12,13). The number of aromatic nitrogens is 4. The van der Waals surface area contributed by atoms with E-state index >= 15 is 0 Å². The smallest absolute Gasteiger partial charge is 0.169 e. The Bertz CT molecular complexity index is 494. The zero-order valence-corrected chi connectivity index (χ0v) is 9.44. The van der Waals surface area contributed by atoms with Gasteiger partial charge in [-0.2, -0.15) is 5.10 Å². The average molecular weight is 239 g/mol. The Morgan fingerprint density at radius 2 is 2.31 bits per heavy atom. The van der Waals surface area contributed by atoms with E-state index in [1.54, 1.807) is 17.1 Å². The second-order valence-corrected chi connectivity index (χ2v) is 3.72. The number of pyridine rings is 1. The monoisotopic (exact) mass is 238 g/mol. The van der Waals surface area contributed by atoms with Gasteiger partial charge in [-0.25, -0.2) is 9.97 Å². The van der Waals surface area contributed by atoms with Crippen molar-refractivity contribution >= 4 is 23.1 Å². The lowest BCUT2D eigenvalue weighted by Gasteiger charge is -2.05. The maximum absolute atomic E-state index is 5.74. The Hall–Kier alpha value is -1.82. The van der Waals surface area contributed by atoms with Crippen LogP contribution in [0.5, 0.6) is 0 Å². The van der Waals surface area contributed by atoms with Crippen LogP contribution in [0.3, 0.4) is 0 Å². The van der Waals surface area contributed by atoms with Gasteiger partial charge >= 0.3 is 0 Å². The Labute approximate surface area is 97.5 Å². The molecule has 0 aliphatic carbocycles. The van der Waals surface area contributed by atoms with Crippen molar-refractivity contribution < 1.29 is 0 Å². The molecule has 0 unspecified atom stereocenters. The Balaban J connectivity index is 2.04. The van der Waals surface area contributed by atoms with Crippen LogP contribution < -0.4 is 11.1 Å². The van der Waals surface area contributed by atoms with Crippen molar-refractivity contribution in [3.8, 4) is 0 Å². The molecule has 3 N–H and O–H groups in total. The molecule has 6 nitrogen and oxygen atoms in total. The predicted molar refractivity (Wildman–Crippen MR) is 62.0 cm³/mol. The quantitative estimate of drug-likeness (QED) is 0.836. The molecular formula is C9H11ClN6. The summed E-state index contributed by atoms with van der Waals surface area (Å²) in [5.74, 6) is 1.26. The van der Waals surface area contributed by atoms with Crippen molar-refractivity contribution in [1.82, 2.24) is 19.7 Å². The van der Waals surface area contributed by atoms with Gasteiger partial charge in [-0.15, -0.1) is 0 Å². The molecule has 7 heteroatoms. The molecule has 84 valence electrons. The van der Waals surface area contributed by atoms with Crippen LogP contribution in [0, 0.1) is 0 Å². The number of nitrogen functional groups attached to an aromatic ring is 1. The second kappa shape index (κ2) is 4.36. The van der Waals surface area contributed by atoms with Crippen LogP contribution in [0.2, 0.25) is 5.02 Å². The molecular weight excluding hydrogens is 228 g/mol. The van der Waals surface area contributed by atoms with E-state index in [2.05, 4.69) is 20.4 Å². The van der Waals surface area contributed by atoms with E-state index < -0.39 is 0 Å². The van der Waals surface area contributed by atoms with Crippen LogP contribution in [0.4, 0.5) is 11.5 Å². The molecule has 0 aliphatic rings. The molecule has 2 heterocycles. The summed E-state index contributed by atoms with van der Waals surface area (Å²) in [5, 5.41) is 7.67. The average Bonchev–Trinajstić information content (AvgIpc) is 2.63. The van der Waals surface area contributed by atoms with Crippen molar-refractivity contribution in [2.24, 2.45) is 7.05 Å². The number of halogens is 1. The zero-order valence-electron chi connectivity index (χ0n) is 8.68. The molecule has 0 saturated heterocycles. The van der Waals surface area contributed by atoms with Crippen LogP contribution in [0.15, 0.2) is 18.6 Å². The molecule has 16 heavy (non-hydrogen) atoms. The summed E-state index contributed by atoms with van der Waals surface area (Å²) >= 11 is 5.74. The fourth-order valence-electron chi connectivity index (χ4n) is 1.23. The zero-order chi connectivity index (χ0) is 11.5. The first-order valence-corrected chi connectivity index (χ1v) is 5.02. The Morgan fingerprint density at radius 3 is 2.94 bits per heavy atom. The van der Waals surface area contributed by atoms with Crippen molar-refractivity contribution in [3.63, 3.8) is 0 Å². The highest BCUT2D eigenvalue weighted by atomic mass is 35.5. The van der Waals surface area contributed by atoms with Crippen molar-refractivity contribution in [1.29, 1.82) is 0 Å². The minimum atomic E-state index is 0.472. The SMILES string of the molecule is Cn1cnc(CNc2ncc(Cl)cc2N)n1. The lowest BCUT2D eigenvalue weighted by atomic mass is 10.4. The summed E-state index contributed by atoms with van der Waals surface area (Å²) in [6, 6.07) is 1.64. The first-order chi connectivity index (χ1) is 7.65. The van der Waals surface area contributed by atoms with E-state index in [0.717, 1.165) is 0 Å². The highest BCUT2D eigenvalue weighted by Gasteiger charge is 2.03. The first-order valence-electron chi connectivity index (χ1n) is 4.64. The fraction of sp³-hybridized carbons (Fsp3) is 0.222. The molecule has 2 rings (SSSR count). The summed E-state index contributed by atoms with van der Waals surface area (Å²) in [6.45, 7) is 0.472. The molecule has 0 spiro atoms. The number of anilines is 2. The van der Waals surface area contributed by atoms with Crippen LogP contribution in [-0.2, 0) is 13.6 Å². The van der Waals surface area contributed by atoms with Crippen LogP contribution in [-0.4, -0.2) is 19.7 Å². The number of aryl methyl sites for hydroxylation is 1. The molecule has 2 aromatic rings. The summed E-state index contributed by atoms with van der Waals surface area (Å²) in [6.07, 6.45) is 3.17. The molecule has 0 fully saturated rings. The molecule has 0 amide bonds. The summed E-state index contributed by atoms with van der Waals surface area (Å²) in [7, 11) is 1.81. The van der Waals surface area contributed by atoms with Crippen LogP contribution >= 0.6 is 11.6 Å². The van der Waals surface area contributed by atoms with E-state index in [-0.39, 0.29) is 0 Å². The van der Waals surface area contributed by atoms with Gasteiger partial charge in [0.1, 0.15) is 12.1 Å². The van der Waals surface area contributed by atoms with Crippen molar-refractivity contribution in [2.45, 2.75) is 6.54 Å². The highest BCUT2D eigenvalue weighted by Crippen LogP contribution is 2.19. The third-order valence-electron chi connectivity index (χ3n) is 1.94. The van der Waals surface area contributed by atoms with E-state index in [0.29, 0.717) is 28.9 Å². The van der Waals surface area contributed by atoms with Gasteiger partial charge in [0.15, 0.2) is 5.82 Å². The summed E-state index contributed by atoms with van der Waals surface area (Å²) in [4.78, 5) is 8.14. The maximum atomic E-state index is 5.74. The minimum absolute atomic E-state index is 0.472. The topological polar surface area (TPSA) is 81.7 Å². The lowest BCUT2D eigenvalue weighted by molar-refractivity contribution is 0.747. The molecule has 0 aromatic carbocycles. The highest BCUT2D eigenvalue weighted by molar-refractivity contribution is 6.30. The number of nitrogens with zero attached hydrogens (tertiary/aromatic N) is 4. The third-order valence-corrected chi connectivity index (χ3v) is 2.15. The Morgan fingerprint density at radius 1 is 1.50 bits per heavy atom. The van der Waals surface area contributed by atoms with Crippen molar-refractivity contribution in [3.05, 3.63) is 29.4 Å². The maximum Gasteiger partial charge on any atom is 0.169 e. The number of rotatable bonds is 3. The van der Waals surface area contributed by atoms with Gasteiger partial charge < -0.3 is 11.1 Å². The Kier molecular flexibility index (Phi) is 2.91. The molecule has 0 atom stereocenters. The van der Waals surface area contributed by atoms with Gasteiger partial charge in [0, 0.05) is 13.2 Å². The normalized spacial score (nSPS) is 10.4. The lowest BCUT2D eigenvalue weighted by Crippen LogP contribution is -2.06. The second-order valence-electron chi connectivity index (χ2n) is 3.28. The molecule has 2 aromatic heterocycles. The predicted octanol–water partition coefficient (Wildman–Crippen LogP) is 1.06. The largest absolute Gasteiger partial charge is 0.396 e. The molecule has 0 radical (unpaired) electrons. The van der Waals surface area contributed by atoms with E-state index in [1.165, 1.54) is 6.20 Å². The number of nitrogens with two attached hydrogens (primary N) is 1. The van der Waals surface area contributed by atoms with Gasteiger partial charge in [0.25, 0.3) is 0 Å². The van der Waals surface area contributed by atoms with Crippen LogP contribution in [0.25, 0.3) is 0 Å². The van der Waals surface area contributed by atoms with Gasteiger partial charge in [-0.05, 0) is 6.07 Å². The number of hydrogen-bond acceptors (Lipinski definition) is 5. The molecule has 0 bridgehead atoms. The number of hydrogen-bond donors (Lipinski definition) is 2. The van der Waals surface area contributed by atoms with Crippen LogP contribution in [0.1, 0.15) is 5.82 Å². The third kappa shape index (κ3) is 2.40. The van der Waals surface area contributed by atoms with Gasteiger partial charge in [0.05, 0.1) is 17.3 Å². The minimum Gasteiger partial charge on any atom is -0.396 e. The van der Waals surface area contributed by atoms with E-state index in [1.807, 2.05) is 7.05 Å². The van der Waals surface area contributed by atoms with Gasteiger partial charge in [-0.3, -0.25) is 4.68 Å². The van der Waals surface area contributed by atoms with Gasteiger partial charge in [0.2, 0.25) is 0 Å². The molecule has 0 saturated carbocycles. The first kappa shape index (κ1) is 10.7. The van der Waals surface area contributed by atoms with Crippen molar-refractivity contribution in [2.75, 3.05) is 11.1 Å². The van der Waals surface area contributed by atoms with Gasteiger partial charge in [-0.1, -0.05) is 11.6 Å².